The monoisotopic (exact) mass is 240 g/mol. The number of hydrogen-bond donors (Lipinski definition) is 2. The molecule has 0 aromatic carbocycles. The fourth-order valence-electron chi connectivity index (χ4n) is 1.99. The van der Waals surface area contributed by atoms with Gasteiger partial charge in [0.15, 0.2) is 0 Å². The maximum Gasteiger partial charge on any atom is 0.202 e. The van der Waals surface area contributed by atoms with Crippen LogP contribution in [0.2, 0.25) is 0 Å². The molecule has 0 aliphatic heterocycles. The lowest BCUT2D eigenvalue weighted by Crippen LogP contribution is -2.61. The van der Waals surface area contributed by atoms with Crippen LogP contribution in [0.25, 0.3) is 0 Å². The van der Waals surface area contributed by atoms with E-state index in [1.165, 1.54) is 11.5 Å². The molecule has 3 N–H and O–H groups in total. The molecule has 2 rings (SSSR count). The predicted molar refractivity (Wildman–Crippen MR) is 67.7 cm³/mol. The Hall–Kier alpha value is -0.680. The Bertz CT molecular complexity index is 361. The zero-order valence-electron chi connectivity index (χ0n) is 10.2. The van der Waals surface area contributed by atoms with Crippen LogP contribution in [0.1, 0.15) is 39.4 Å². The Morgan fingerprint density at radius 3 is 2.88 bits per heavy atom. The molecule has 2 atom stereocenters. The van der Waals surface area contributed by atoms with Gasteiger partial charge in [-0.1, -0.05) is 20.8 Å². The SMILES string of the molecule is CCCc1nsc(NC2CC(N)C2(C)C)n1. The zero-order chi connectivity index (χ0) is 11.8. The van der Waals surface area contributed by atoms with Crippen molar-refractivity contribution in [2.24, 2.45) is 11.1 Å². The largest absolute Gasteiger partial charge is 0.357 e. The lowest BCUT2D eigenvalue weighted by atomic mass is 9.63. The maximum atomic E-state index is 5.98. The number of anilines is 1. The summed E-state index contributed by atoms with van der Waals surface area (Å²) in [4.78, 5) is 4.47. The molecule has 0 amide bonds. The molecule has 0 spiro atoms. The van der Waals surface area contributed by atoms with E-state index in [9.17, 15) is 0 Å². The van der Waals surface area contributed by atoms with E-state index in [4.69, 9.17) is 5.73 Å². The molecule has 0 radical (unpaired) electrons. The normalized spacial score (nSPS) is 27.5. The second kappa shape index (κ2) is 4.30. The molecule has 1 aliphatic carbocycles. The first-order valence-electron chi connectivity index (χ1n) is 5.88. The molecule has 0 saturated heterocycles. The van der Waals surface area contributed by atoms with E-state index in [-0.39, 0.29) is 5.41 Å². The fourth-order valence-corrected chi connectivity index (χ4v) is 2.66. The zero-order valence-corrected chi connectivity index (χ0v) is 11.0. The lowest BCUT2D eigenvalue weighted by molar-refractivity contribution is 0.117. The van der Waals surface area contributed by atoms with E-state index in [0.29, 0.717) is 12.1 Å². The average molecular weight is 240 g/mol. The summed E-state index contributed by atoms with van der Waals surface area (Å²) < 4.78 is 4.32. The van der Waals surface area contributed by atoms with Crippen LogP contribution < -0.4 is 11.1 Å². The van der Waals surface area contributed by atoms with Crippen molar-refractivity contribution < 1.29 is 0 Å². The van der Waals surface area contributed by atoms with Gasteiger partial charge in [-0.3, -0.25) is 0 Å². The molecular formula is C11H20N4S. The quantitative estimate of drug-likeness (QED) is 0.845. The summed E-state index contributed by atoms with van der Waals surface area (Å²) in [5.41, 5.74) is 6.14. The summed E-state index contributed by atoms with van der Waals surface area (Å²) in [5.74, 6) is 0.955. The first kappa shape index (κ1) is 11.8. The summed E-state index contributed by atoms with van der Waals surface area (Å²) in [5, 5.41) is 4.38. The summed E-state index contributed by atoms with van der Waals surface area (Å²) in [6, 6.07) is 0.734. The summed E-state index contributed by atoms with van der Waals surface area (Å²) >= 11 is 1.46. The van der Waals surface area contributed by atoms with Crippen molar-refractivity contribution in [3.8, 4) is 0 Å². The molecule has 90 valence electrons. The van der Waals surface area contributed by atoms with Gasteiger partial charge in [0.1, 0.15) is 5.82 Å². The Labute approximate surface area is 101 Å². The number of hydrogen-bond acceptors (Lipinski definition) is 5. The third kappa shape index (κ3) is 2.06. The van der Waals surface area contributed by atoms with Crippen molar-refractivity contribution in [3.63, 3.8) is 0 Å². The molecule has 16 heavy (non-hydrogen) atoms. The van der Waals surface area contributed by atoms with E-state index in [1.54, 1.807) is 0 Å². The van der Waals surface area contributed by atoms with Gasteiger partial charge in [-0.25, -0.2) is 4.98 Å². The molecular weight excluding hydrogens is 220 g/mol. The van der Waals surface area contributed by atoms with Crippen molar-refractivity contribution in [1.29, 1.82) is 0 Å². The summed E-state index contributed by atoms with van der Waals surface area (Å²) in [7, 11) is 0. The van der Waals surface area contributed by atoms with Crippen LogP contribution in [-0.2, 0) is 6.42 Å². The minimum atomic E-state index is 0.163. The lowest BCUT2D eigenvalue weighted by Gasteiger charge is -2.50. The van der Waals surface area contributed by atoms with Crippen LogP contribution in [-0.4, -0.2) is 21.4 Å². The number of nitrogens with two attached hydrogens (primary N) is 1. The molecule has 2 unspecified atom stereocenters. The van der Waals surface area contributed by atoms with E-state index < -0.39 is 0 Å². The van der Waals surface area contributed by atoms with Crippen molar-refractivity contribution in [1.82, 2.24) is 9.36 Å². The molecule has 4 nitrogen and oxygen atoms in total. The number of aromatic nitrogens is 2. The third-order valence-electron chi connectivity index (χ3n) is 3.58. The predicted octanol–water partition coefficient (Wildman–Crippen LogP) is 2.03. The highest BCUT2D eigenvalue weighted by Gasteiger charge is 2.46. The van der Waals surface area contributed by atoms with Crippen molar-refractivity contribution >= 4 is 16.7 Å². The Kier molecular flexibility index (Phi) is 3.17. The second-order valence-corrected chi connectivity index (χ2v) is 5.88. The smallest absolute Gasteiger partial charge is 0.202 e. The van der Waals surface area contributed by atoms with Crippen LogP contribution in [0.3, 0.4) is 0 Å². The fraction of sp³-hybridized carbons (Fsp3) is 0.818. The van der Waals surface area contributed by atoms with Crippen LogP contribution in [0.4, 0.5) is 5.13 Å². The highest BCUT2D eigenvalue weighted by Crippen LogP contribution is 2.41. The van der Waals surface area contributed by atoms with Crippen LogP contribution in [0.5, 0.6) is 0 Å². The number of nitrogens with zero attached hydrogens (tertiary/aromatic N) is 2. The molecule has 5 heteroatoms. The highest BCUT2D eigenvalue weighted by molar-refractivity contribution is 7.09. The van der Waals surface area contributed by atoms with Gasteiger partial charge >= 0.3 is 0 Å². The summed E-state index contributed by atoms with van der Waals surface area (Å²) in [6.07, 6.45) is 3.08. The van der Waals surface area contributed by atoms with Crippen molar-refractivity contribution in [3.05, 3.63) is 5.82 Å². The number of nitrogens with one attached hydrogen (secondary N) is 1. The van der Waals surface area contributed by atoms with Crippen molar-refractivity contribution in [2.45, 2.75) is 52.1 Å². The van der Waals surface area contributed by atoms with Gasteiger partial charge in [-0.05, 0) is 12.8 Å². The Balaban J connectivity index is 1.94. The van der Waals surface area contributed by atoms with Gasteiger partial charge < -0.3 is 11.1 Å². The molecule has 1 fully saturated rings. The first-order valence-corrected chi connectivity index (χ1v) is 6.66. The van der Waals surface area contributed by atoms with E-state index in [0.717, 1.165) is 30.2 Å². The standard InChI is InChI=1S/C11H20N4S/c1-4-5-9-14-10(16-15-9)13-8-6-7(12)11(8,2)3/h7-8H,4-6,12H2,1-3H3,(H,13,14,15). The van der Waals surface area contributed by atoms with Gasteiger partial charge in [0.2, 0.25) is 5.13 Å². The van der Waals surface area contributed by atoms with Crippen LogP contribution in [0, 0.1) is 5.41 Å². The van der Waals surface area contributed by atoms with Gasteiger partial charge in [-0.15, -0.1) is 0 Å². The second-order valence-electron chi connectivity index (χ2n) is 5.13. The summed E-state index contributed by atoms with van der Waals surface area (Å²) in [6.45, 7) is 6.54. The van der Waals surface area contributed by atoms with Crippen LogP contribution >= 0.6 is 11.5 Å². The maximum absolute atomic E-state index is 5.98. The number of rotatable bonds is 4. The third-order valence-corrected chi connectivity index (χ3v) is 4.27. The van der Waals surface area contributed by atoms with E-state index in [2.05, 4.69) is 35.4 Å². The van der Waals surface area contributed by atoms with E-state index in [1.807, 2.05) is 0 Å². The van der Waals surface area contributed by atoms with Gasteiger partial charge in [-0.2, -0.15) is 4.37 Å². The molecule has 0 bridgehead atoms. The van der Waals surface area contributed by atoms with E-state index >= 15 is 0 Å². The molecule has 1 aromatic heterocycles. The molecule has 1 heterocycles. The minimum absolute atomic E-state index is 0.163. The van der Waals surface area contributed by atoms with Gasteiger partial charge in [0.25, 0.3) is 0 Å². The average Bonchev–Trinajstić information content (AvgIpc) is 2.66. The van der Waals surface area contributed by atoms with Gasteiger partial charge in [0.05, 0.1) is 0 Å². The Morgan fingerprint density at radius 2 is 2.31 bits per heavy atom. The number of aryl methyl sites for hydroxylation is 1. The Morgan fingerprint density at radius 1 is 1.56 bits per heavy atom. The van der Waals surface area contributed by atoms with Gasteiger partial charge in [0, 0.05) is 35.5 Å². The molecule has 1 aromatic rings. The van der Waals surface area contributed by atoms with Crippen molar-refractivity contribution in [2.75, 3.05) is 5.32 Å². The van der Waals surface area contributed by atoms with Crippen LogP contribution in [0.15, 0.2) is 0 Å². The first-order chi connectivity index (χ1) is 7.54. The highest BCUT2D eigenvalue weighted by atomic mass is 32.1. The molecule has 1 aliphatic rings. The molecule has 1 saturated carbocycles. The topological polar surface area (TPSA) is 63.8 Å². The minimum Gasteiger partial charge on any atom is -0.357 e.